The predicted molar refractivity (Wildman–Crippen MR) is 140 cm³/mol. The van der Waals surface area contributed by atoms with Gasteiger partial charge in [0.05, 0.1) is 17.3 Å². The Kier molecular flexibility index (Phi) is 6.81. The van der Waals surface area contributed by atoms with Crippen LogP contribution in [-0.2, 0) is 6.42 Å². The summed E-state index contributed by atoms with van der Waals surface area (Å²) in [6.07, 6.45) is 4.44. The van der Waals surface area contributed by atoms with Crippen LogP contribution >= 0.6 is 11.6 Å². The second kappa shape index (κ2) is 10.3. The van der Waals surface area contributed by atoms with E-state index in [2.05, 4.69) is 22.2 Å². The summed E-state index contributed by atoms with van der Waals surface area (Å²) in [5, 5.41) is 9.12. The maximum atomic E-state index is 12.9. The molecule has 35 heavy (non-hydrogen) atoms. The number of nitrogens with one attached hydrogen (secondary N) is 1. The Labute approximate surface area is 209 Å². The standard InChI is InChI=1S/C26H28ClN7O/c1-2-8-23-30-24(22-18-28-34(25(22)31-23)21-11-4-3-5-12-21)32-13-7-14-33(16-15-32)26(35)29-20-10-6-9-19(27)17-20/h3-6,9-12,17-18H,2,7-8,13-16H2,1H3,(H,29,35). The third kappa shape index (κ3) is 5.07. The Morgan fingerprint density at radius 3 is 2.69 bits per heavy atom. The van der Waals surface area contributed by atoms with Gasteiger partial charge in [0, 0.05) is 43.3 Å². The number of fused-ring (bicyclic) bond motifs is 1. The highest BCUT2D eigenvalue weighted by Crippen LogP contribution is 2.27. The quantitative estimate of drug-likeness (QED) is 0.418. The van der Waals surface area contributed by atoms with Crippen LogP contribution in [0.3, 0.4) is 0 Å². The highest BCUT2D eigenvalue weighted by molar-refractivity contribution is 6.30. The maximum absolute atomic E-state index is 12.9. The van der Waals surface area contributed by atoms with Gasteiger partial charge in [-0.3, -0.25) is 0 Å². The van der Waals surface area contributed by atoms with Gasteiger partial charge in [0.15, 0.2) is 5.65 Å². The predicted octanol–water partition coefficient (Wildman–Crippen LogP) is 5.17. The van der Waals surface area contributed by atoms with Crippen LogP contribution in [0.4, 0.5) is 16.3 Å². The van der Waals surface area contributed by atoms with Gasteiger partial charge in [-0.1, -0.05) is 42.8 Å². The molecule has 9 heteroatoms. The molecule has 8 nitrogen and oxygen atoms in total. The van der Waals surface area contributed by atoms with Crippen LogP contribution in [-0.4, -0.2) is 56.9 Å². The zero-order chi connectivity index (χ0) is 24.2. The molecule has 4 aromatic rings. The number of rotatable bonds is 5. The number of carbonyl (C=O) groups is 1. The van der Waals surface area contributed by atoms with E-state index in [-0.39, 0.29) is 6.03 Å². The van der Waals surface area contributed by atoms with Crippen LogP contribution in [0.25, 0.3) is 16.7 Å². The van der Waals surface area contributed by atoms with Crippen LogP contribution < -0.4 is 10.2 Å². The van der Waals surface area contributed by atoms with Crippen molar-refractivity contribution < 1.29 is 4.79 Å². The first-order chi connectivity index (χ1) is 17.1. The Bertz CT molecular complexity index is 1320. The number of amides is 2. The van der Waals surface area contributed by atoms with Gasteiger partial charge >= 0.3 is 6.03 Å². The summed E-state index contributed by atoms with van der Waals surface area (Å²) >= 11 is 6.06. The van der Waals surface area contributed by atoms with E-state index in [4.69, 9.17) is 21.6 Å². The minimum atomic E-state index is -0.120. The fourth-order valence-corrected chi connectivity index (χ4v) is 4.56. The van der Waals surface area contributed by atoms with Gasteiger partial charge < -0.3 is 15.1 Å². The summed E-state index contributed by atoms with van der Waals surface area (Å²) in [6, 6.07) is 17.1. The second-order valence-corrected chi connectivity index (χ2v) is 9.05. The van der Waals surface area contributed by atoms with E-state index in [0.717, 1.165) is 54.2 Å². The normalized spacial score (nSPS) is 14.2. The molecule has 3 heterocycles. The number of anilines is 2. The number of nitrogens with zero attached hydrogens (tertiary/aromatic N) is 6. The van der Waals surface area contributed by atoms with Gasteiger partial charge in [-0.15, -0.1) is 0 Å². The molecule has 1 saturated heterocycles. The Hall–Kier alpha value is -3.65. The van der Waals surface area contributed by atoms with Crippen molar-refractivity contribution in [3.05, 3.63) is 71.6 Å². The molecule has 0 atom stereocenters. The van der Waals surface area contributed by atoms with E-state index >= 15 is 0 Å². The molecule has 2 aromatic carbocycles. The number of halogens is 1. The third-order valence-electron chi connectivity index (χ3n) is 6.09. The van der Waals surface area contributed by atoms with Crippen molar-refractivity contribution in [2.45, 2.75) is 26.2 Å². The first-order valence-corrected chi connectivity index (χ1v) is 12.4. The smallest absolute Gasteiger partial charge is 0.321 e. The molecule has 0 radical (unpaired) electrons. The number of aryl methyl sites for hydroxylation is 1. The zero-order valence-electron chi connectivity index (χ0n) is 19.7. The molecule has 0 aliphatic carbocycles. The van der Waals surface area contributed by atoms with Gasteiger partial charge in [0.2, 0.25) is 0 Å². The van der Waals surface area contributed by atoms with Gasteiger partial charge in [-0.2, -0.15) is 5.10 Å². The SMILES string of the molecule is CCCc1nc(N2CCCN(C(=O)Nc3cccc(Cl)c3)CC2)c2cnn(-c3ccccc3)c2n1. The molecule has 1 aliphatic heterocycles. The minimum absolute atomic E-state index is 0.120. The molecular weight excluding hydrogens is 462 g/mol. The average Bonchev–Trinajstić information content (AvgIpc) is 3.13. The number of para-hydroxylation sites is 1. The van der Waals surface area contributed by atoms with Crippen molar-refractivity contribution in [2.24, 2.45) is 0 Å². The molecule has 180 valence electrons. The van der Waals surface area contributed by atoms with E-state index in [1.807, 2.05) is 58.2 Å². The van der Waals surface area contributed by atoms with Crippen LogP contribution in [0, 0.1) is 0 Å². The first kappa shape index (κ1) is 23.1. The molecule has 2 amide bonds. The largest absolute Gasteiger partial charge is 0.354 e. The number of hydrogen-bond acceptors (Lipinski definition) is 5. The molecule has 1 N–H and O–H groups in total. The zero-order valence-corrected chi connectivity index (χ0v) is 20.4. The first-order valence-electron chi connectivity index (χ1n) is 12.0. The molecule has 0 bridgehead atoms. The number of hydrogen-bond donors (Lipinski definition) is 1. The fraction of sp³-hybridized carbons (Fsp3) is 0.308. The number of aromatic nitrogens is 4. The van der Waals surface area contributed by atoms with Crippen molar-refractivity contribution in [3.8, 4) is 5.69 Å². The van der Waals surface area contributed by atoms with Crippen LogP contribution in [0.2, 0.25) is 5.02 Å². The number of benzene rings is 2. The van der Waals surface area contributed by atoms with Crippen molar-refractivity contribution in [1.82, 2.24) is 24.6 Å². The van der Waals surface area contributed by atoms with E-state index in [1.165, 1.54) is 0 Å². The van der Waals surface area contributed by atoms with Crippen LogP contribution in [0.1, 0.15) is 25.6 Å². The molecule has 1 aliphatic rings. The lowest BCUT2D eigenvalue weighted by Gasteiger charge is -2.24. The Morgan fingerprint density at radius 2 is 1.89 bits per heavy atom. The van der Waals surface area contributed by atoms with E-state index in [0.29, 0.717) is 30.3 Å². The van der Waals surface area contributed by atoms with Gasteiger partial charge in [-0.05, 0) is 43.2 Å². The summed E-state index contributed by atoms with van der Waals surface area (Å²) in [7, 11) is 0. The molecular formula is C26H28ClN7O. The molecule has 0 spiro atoms. The average molecular weight is 490 g/mol. The van der Waals surface area contributed by atoms with Crippen LogP contribution in [0.5, 0.6) is 0 Å². The van der Waals surface area contributed by atoms with E-state index < -0.39 is 0 Å². The topological polar surface area (TPSA) is 79.2 Å². The summed E-state index contributed by atoms with van der Waals surface area (Å²) in [6.45, 7) is 4.87. The van der Waals surface area contributed by atoms with E-state index in [9.17, 15) is 4.79 Å². The van der Waals surface area contributed by atoms with Crippen molar-refractivity contribution in [3.63, 3.8) is 0 Å². The molecule has 2 aromatic heterocycles. The lowest BCUT2D eigenvalue weighted by Crippen LogP contribution is -2.38. The molecule has 0 saturated carbocycles. The molecule has 5 rings (SSSR count). The van der Waals surface area contributed by atoms with Gasteiger partial charge in [-0.25, -0.2) is 19.4 Å². The number of carbonyl (C=O) groups excluding carboxylic acids is 1. The summed E-state index contributed by atoms with van der Waals surface area (Å²) in [5.74, 6) is 1.70. The highest BCUT2D eigenvalue weighted by atomic mass is 35.5. The highest BCUT2D eigenvalue weighted by Gasteiger charge is 2.23. The lowest BCUT2D eigenvalue weighted by molar-refractivity contribution is 0.215. The van der Waals surface area contributed by atoms with Gasteiger partial charge in [0.25, 0.3) is 0 Å². The van der Waals surface area contributed by atoms with Crippen molar-refractivity contribution in [1.29, 1.82) is 0 Å². The fourth-order valence-electron chi connectivity index (χ4n) is 4.37. The number of urea groups is 1. The Balaban J connectivity index is 1.40. The van der Waals surface area contributed by atoms with Crippen LogP contribution in [0.15, 0.2) is 60.8 Å². The third-order valence-corrected chi connectivity index (χ3v) is 6.32. The minimum Gasteiger partial charge on any atom is -0.354 e. The molecule has 1 fully saturated rings. The van der Waals surface area contributed by atoms with Crippen molar-refractivity contribution >= 4 is 40.2 Å². The maximum Gasteiger partial charge on any atom is 0.321 e. The van der Waals surface area contributed by atoms with Crippen molar-refractivity contribution in [2.75, 3.05) is 36.4 Å². The second-order valence-electron chi connectivity index (χ2n) is 8.61. The summed E-state index contributed by atoms with van der Waals surface area (Å²) in [5.41, 5.74) is 2.47. The molecule has 0 unspecified atom stereocenters. The Morgan fingerprint density at radius 1 is 1.03 bits per heavy atom. The van der Waals surface area contributed by atoms with Gasteiger partial charge in [0.1, 0.15) is 11.6 Å². The summed E-state index contributed by atoms with van der Waals surface area (Å²) < 4.78 is 1.88. The monoisotopic (exact) mass is 489 g/mol. The summed E-state index contributed by atoms with van der Waals surface area (Å²) in [4.78, 5) is 26.8. The lowest BCUT2D eigenvalue weighted by atomic mass is 10.2. The van der Waals surface area contributed by atoms with E-state index in [1.54, 1.807) is 12.1 Å².